The Morgan fingerprint density at radius 1 is 1.37 bits per heavy atom. The maximum Gasteiger partial charge on any atom is 0.309 e. The van der Waals surface area contributed by atoms with Crippen molar-refractivity contribution in [3.8, 4) is 5.75 Å². The van der Waals surface area contributed by atoms with Crippen molar-refractivity contribution in [3.63, 3.8) is 0 Å². The largest absolute Gasteiger partial charge is 0.493 e. The standard InChI is InChI=1S/C16H24O3/c1-11(2)13-7-6-12(3)10-14(13)19-9-8-16(4,5)15(17)18/h6-7,10-11H,8-9H2,1-5H3,(H,17,18). The van der Waals surface area contributed by atoms with Crippen LogP contribution in [0.15, 0.2) is 18.2 Å². The summed E-state index contributed by atoms with van der Waals surface area (Å²) in [4.78, 5) is 11.0. The van der Waals surface area contributed by atoms with Gasteiger partial charge in [0.05, 0.1) is 12.0 Å². The molecule has 0 unspecified atom stereocenters. The summed E-state index contributed by atoms with van der Waals surface area (Å²) >= 11 is 0. The fourth-order valence-corrected chi connectivity index (χ4v) is 1.77. The molecule has 0 saturated carbocycles. The lowest BCUT2D eigenvalue weighted by Crippen LogP contribution is -2.26. The highest BCUT2D eigenvalue weighted by Crippen LogP contribution is 2.28. The zero-order valence-electron chi connectivity index (χ0n) is 12.5. The third-order valence-electron chi connectivity index (χ3n) is 3.35. The van der Waals surface area contributed by atoms with Crippen LogP contribution in [0.1, 0.15) is 51.2 Å². The summed E-state index contributed by atoms with van der Waals surface area (Å²) in [5.41, 5.74) is 1.57. The highest BCUT2D eigenvalue weighted by Gasteiger charge is 2.26. The van der Waals surface area contributed by atoms with Gasteiger partial charge in [-0.25, -0.2) is 0 Å². The molecule has 0 aliphatic carbocycles. The van der Waals surface area contributed by atoms with Gasteiger partial charge in [0.1, 0.15) is 5.75 Å². The van der Waals surface area contributed by atoms with E-state index in [9.17, 15) is 4.79 Å². The van der Waals surface area contributed by atoms with E-state index in [4.69, 9.17) is 9.84 Å². The third-order valence-corrected chi connectivity index (χ3v) is 3.35. The lowest BCUT2D eigenvalue weighted by Gasteiger charge is -2.20. The summed E-state index contributed by atoms with van der Waals surface area (Å²) in [5.74, 6) is 0.476. The molecular formula is C16H24O3. The van der Waals surface area contributed by atoms with Gasteiger partial charge in [0.15, 0.2) is 0 Å². The molecule has 0 saturated heterocycles. The monoisotopic (exact) mass is 264 g/mol. The van der Waals surface area contributed by atoms with Crippen LogP contribution in [-0.2, 0) is 4.79 Å². The van der Waals surface area contributed by atoms with Crippen molar-refractivity contribution in [3.05, 3.63) is 29.3 Å². The zero-order chi connectivity index (χ0) is 14.6. The average Bonchev–Trinajstić information content (AvgIpc) is 2.28. The molecule has 0 bridgehead atoms. The maximum atomic E-state index is 11.0. The molecule has 0 aliphatic rings. The number of hydrogen-bond donors (Lipinski definition) is 1. The number of carboxylic acids is 1. The van der Waals surface area contributed by atoms with Gasteiger partial charge in [0, 0.05) is 0 Å². The number of carbonyl (C=O) groups is 1. The predicted octanol–water partition coefficient (Wildman–Crippen LogP) is 4.00. The van der Waals surface area contributed by atoms with E-state index < -0.39 is 11.4 Å². The summed E-state index contributed by atoms with van der Waals surface area (Å²) in [6.45, 7) is 10.1. The van der Waals surface area contributed by atoms with Gasteiger partial charge in [-0.1, -0.05) is 26.0 Å². The summed E-state index contributed by atoms with van der Waals surface area (Å²) in [5, 5.41) is 9.07. The van der Waals surface area contributed by atoms with Gasteiger partial charge in [0.2, 0.25) is 0 Å². The molecule has 3 heteroatoms. The molecule has 0 atom stereocenters. The van der Waals surface area contributed by atoms with E-state index in [1.165, 1.54) is 5.56 Å². The van der Waals surface area contributed by atoms with Crippen molar-refractivity contribution >= 4 is 5.97 Å². The molecule has 0 aliphatic heterocycles. The molecule has 0 fully saturated rings. The van der Waals surface area contributed by atoms with Gasteiger partial charge < -0.3 is 9.84 Å². The van der Waals surface area contributed by atoms with Crippen molar-refractivity contribution in [1.29, 1.82) is 0 Å². The number of hydrogen-bond acceptors (Lipinski definition) is 2. The van der Waals surface area contributed by atoms with E-state index in [0.29, 0.717) is 18.9 Å². The van der Waals surface area contributed by atoms with Crippen LogP contribution in [0.3, 0.4) is 0 Å². The molecule has 3 nitrogen and oxygen atoms in total. The van der Waals surface area contributed by atoms with Gasteiger partial charge in [0.25, 0.3) is 0 Å². The normalized spacial score (nSPS) is 11.7. The second kappa shape index (κ2) is 6.09. The van der Waals surface area contributed by atoms with E-state index in [1.807, 2.05) is 13.0 Å². The molecule has 0 amide bonds. The van der Waals surface area contributed by atoms with Crippen LogP contribution in [0.25, 0.3) is 0 Å². The number of aliphatic carboxylic acids is 1. The minimum absolute atomic E-state index is 0.392. The smallest absolute Gasteiger partial charge is 0.309 e. The van der Waals surface area contributed by atoms with E-state index in [2.05, 4.69) is 26.0 Å². The quantitative estimate of drug-likeness (QED) is 0.844. The van der Waals surface area contributed by atoms with Crippen molar-refractivity contribution in [2.45, 2.75) is 47.0 Å². The Morgan fingerprint density at radius 3 is 2.53 bits per heavy atom. The van der Waals surface area contributed by atoms with Crippen LogP contribution in [0.5, 0.6) is 5.75 Å². The summed E-state index contributed by atoms with van der Waals surface area (Å²) in [6.07, 6.45) is 0.494. The number of aryl methyl sites for hydroxylation is 1. The first-order valence-corrected chi connectivity index (χ1v) is 6.71. The SMILES string of the molecule is Cc1ccc(C(C)C)c(OCCC(C)(C)C(=O)O)c1. The minimum atomic E-state index is -0.788. The van der Waals surface area contributed by atoms with Gasteiger partial charge in [-0.05, 0) is 50.3 Å². The number of carboxylic acid groups (broad SMARTS) is 1. The Kier molecular flexibility index (Phi) is 4.98. The van der Waals surface area contributed by atoms with Crippen LogP contribution in [0.2, 0.25) is 0 Å². The number of benzene rings is 1. The van der Waals surface area contributed by atoms with Crippen LogP contribution >= 0.6 is 0 Å². The van der Waals surface area contributed by atoms with Crippen molar-refractivity contribution in [1.82, 2.24) is 0 Å². The molecule has 106 valence electrons. The summed E-state index contributed by atoms with van der Waals surface area (Å²) in [7, 11) is 0. The third kappa shape index (κ3) is 4.27. The van der Waals surface area contributed by atoms with Gasteiger partial charge in [-0.2, -0.15) is 0 Å². The molecule has 1 aromatic rings. The highest BCUT2D eigenvalue weighted by atomic mass is 16.5. The molecular weight excluding hydrogens is 240 g/mol. The molecule has 0 radical (unpaired) electrons. The van der Waals surface area contributed by atoms with E-state index >= 15 is 0 Å². The molecule has 1 aromatic carbocycles. The number of ether oxygens (including phenoxy) is 1. The Hall–Kier alpha value is -1.51. The predicted molar refractivity (Wildman–Crippen MR) is 76.8 cm³/mol. The lowest BCUT2D eigenvalue weighted by atomic mass is 9.90. The van der Waals surface area contributed by atoms with E-state index in [1.54, 1.807) is 13.8 Å². The first-order valence-electron chi connectivity index (χ1n) is 6.71. The highest BCUT2D eigenvalue weighted by molar-refractivity contribution is 5.73. The minimum Gasteiger partial charge on any atom is -0.493 e. The Labute approximate surface area is 115 Å². The van der Waals surface area contributed by atoms with Crippen molar-refractivity contribution in [2.24, 2.45) is 5.41 Å². The Morgan fingerprint density at radius 2 is 2.00 bits per heavy atom. The Bertz CT molecular complexity index is 447. The molecule has 0 heterocycles. The van der Waals surface area contributed by atoms with Gasteiger partial charge >= 0.3 is 5.97 Å². The summed E-state index contributed by atoms with van der Waals surface area (Å²) in [6, 6.07) is 6.17. The second-order valence-corrected chi connectivity index (χ2v) is 5.98. The fraction of sp³-hybridized carbons (Fsp3) is 0.562. The summed E-state index contributed by atoms with van der Waals surface area (Å²) < 4.78 is 5.80. The van der Waals surface area contributed by atoms with E-state index in [0.717, 1.165) is 11.3 Å². The number of rotatable bonds is 6. The van der Waals surface area contributed by atoms with Crippen LogP contribution in [0.4, 0.5) is 0 Å². The Balaban J connectivity index is 2.72. The van der Waals surface area contributed by atoms with Crippen molar-refractivity contribution in [2.75, 3.05) is 6.61 Å². The van der Waals surface area contributed by atoms with Gasteiger partial charge in [-0.15, -0.1) is 0 Å². The molecule has 0 spiro atoms. The van der Waals surface area contributed by atoms with Gasteiger partial charge in [-0.3, -0.25) is 4.79 Å². The van der Waals surface area contributed by atoms with Crippen LogP contribution < -0.4 is 4.74 Å². The average molecular weight is 264 g/mol. The van der Waals surface area contributed by atoms with Crippen molar-refractivity contribution < 1.29 is 14.6 Å². The first kappa shape index (κ1) is 15.5. The molecule has 1 N–H and O–H groups in total. The molecule has 19 heavy (non-hydrogen) atoms. The van der Waals surface area contributed by atoms with E-state index in [-0.39, 0.29) is 0 Å². The lowest BCUT2D eigenvalue weighted by molar-refractivity contribution is -0.147. The molecule has 0 aromatic heterocycles. The maximum absolute atomic E-state index is 11.0. The van der Waals surface area contributed by atoms with Crippen LogP contribution in [-0.4, -0.2) is 17.7 Å². The molecule has 1 rings (SSSR count). The topological polar surface area (TPSA) is 46.5 Å². The fourth-order valence-electron chi connectivity index (χ4n) is 1.77. The second-order valence-electron chi connectivity index (χ2n) is 5.98. The first-order chi connectivity index (χ1) is 8.74. The van der Waals surface area contributed by atoms with Crippen LogP contribution in [0, 0.1) is 12.3 Å². The zero-order valence-corrected chi connectivity index (χ0v) is 12.5.